The van der Waals surface area contributed by atoms with Crippen LogP contribution in [0.2, 0.25) is 10.0 Å². The second kappa shape index (κ2) is 10.4. The number of benzene rings is 2. The first kappa shape index (κ1) is 24.3. The van der Waals surface area contributed by atoms with Crippen molar-refractivity contribution >= 4 is 63.3 Å². The summed E-state index contributed by atoms with van der Waals surface area (Å²) in [6.45, 7) is 4.27. The van der Waals surface area contributed by atoms with E-state index in [9.17, 15) is 0 Å². The van der Waals surface area contributed by atoms with E-state index in [1.165, 1.54) is 18.5 Å². The Morgan fingerprint density at radius 2 is 1.65 bits per heavy atom. The van der Waals surface area contributed by atoms with E-state index in [-0.39, 0.29) is 0 Å². The summed E-state index contributed by atoms with van der Waals surface area (Å²) in [6.07, 6.45) is 6.34. The zero-order valence-electron chi connectivity index (χ0n) is 20.8. The Labute approximate surface area is 226 Å². The fourth-order valence-electron chi connectivity index (χ4n) is 5.21. The molecule has 2 aromatic heterocycles. The van der Waals surface area contributed by atoms with E-state index in [1.807, 2.05) is 6.07 Å². The van der Waals surface area contributed by atoms with Crippen LogP contribution in [0.5, 0.6) is 0 Å². The van der Waals surface area contributed by atoms with E-state index in [4.69, 9.17) is 33.2 Å². The molecule has 4 aromatic rings. The van der Waals surface area contributed by atoms with E-state index in [1.54, 1.807) is 18.3 Å². The molecule has 37 heavy (non-hydrogen) atoms. The van der Waals surface area contributed by atoms with Crippen molar-refractivity contribution in [2.24, 2.45) is 0 Å². The number of rotatable bonds is 6. The molecule has 8 nitrogen and oxygen atoms in total. The Balaban J connectivity index is 1.28. The van der Waals surface area contributed by atoms with Crippen molar-refractivity contribution in [1.29, 1.82) is 0 Å². The van der Waals surface area contributed by atoms with Crippen molar-refractivity contribution in [1.82, 2.24) is 24.4 Å². The van der Waals surface area contributed by atoms with Gasteiger partial charge in [-0.1, -0.05) is 36.0 Å². The summed E-state index contributed by atoms with van der Waals surface area (Å²) in [6, 6.07) is 14.2. The number of aromatic nitrogens is 4. The van der Waals surface area contributed by atoms with Gasteiger partial charge in [0, 0.05) is 48.6 Å². The minimum absolute atomic E-state index is 0.316. The zero-order chi connectivity index (χ0) is 25.4. The van der Waals surface area contributed by atoms with Gasteiger partial charge in [-0.2, -0.15) is 4.98 Å². The minimum Gasteiger partial charge on any atom is -0.369 e. The number of nitrogens with one attached hydrogen (secondary N) is 2. The van der Waals surface area contributed by atoms with Gasteiger partial charge in [0.05, 0.1) is 16.9 Å². The molecule has 2 aliphatic rings. The lowest BCUT2D eigenvalue weighted by Gasteiger charge is -2.34. The number of nitrogens with zero attached hydrogens (tertiary/aromatic N) is 6. The molecule has 1 saturated carbocycles. The summed E-state index contributed by atoms with van der Waals surface area (Å²) >= 11 is 12.7. The third-order valence-corrected chi connectivity index (χ3v) is 7.85. The largest absolute Gasteiger partial charge is 0.369 e. The maximum atomic E-state index is 6.44. The fourth-order valence-corrected chi connectivity index (χ4v) is 5.55. The summed E-state index contributed by atoms with van der Waals surface area (Å²) in [5.41, 5.74) is 4.45. The number of likely N-dealkylation sites (N-methyl/N-ethyl adjacent to an activating group) is 1. The molecule has 192 valence electrons. The maximum absolute atomic E-state index is 6.44. The number of imidazole rings is 1. The van der Waals surface area contributed by atoms with Crippen LogP contribution < -0.4 is 15.5 Å². The molecule has 2 aromatic carbocycles. The van der Waals surface area contributed by atoms with E-state index in [2.05, 4.69) is 61.3 Å². The molecule has 0 atom stereocenters. The molecule has 0 bridgehead atoms. The predicted molar refractivity (Wildman–Crippen MR) is 152 cm³/mol. The van der Waals surface area contributed by atoms with Gasteiger partial charge in [-0.25, -0.2) is 9.97 Å². The van der Waals surface area contributed by atoms with Crippen LogP contribution in [0, 0.1) is 0 Å². The molecule has 1 aliphatic heterocycles. The first-order valence-electron chi connectivity index (χ1n) is 12.8. The Kier molecular flexibility index (Phi) is 6.80. The highest BCUT2D eigenvalue weighted by Gasteiger charge is 2.25. The van der Waals surface area contributed by atoms with Crippen LogP contribution in [0.3, 0.4) is 0 Å². The quantitative estimate of drug-likeness (QED) is 0.291. The smallest absolute Gasteiger partial charge is 0.229 e. The third-order valence-electron chi connectivity index (χ3n) is 7.29. The van der Waals surface area contributed by atoms with Gasteiger partial charge < -0.3 is 20.4 Å². The van der Waals surface area contributed by atoms with Crippen molar-refractivity contribution in [2.45, 2.75) is 31.7 Å². The van der Waals surface area contributed by atoms with Gasteiger partial charge in [-0.15, -0.1) is 0 Å². The summed E-state index contributed by atoms with van der Waals surface area (Å²) in [5.74, 6) is 1.25. The van der Waals surface area contributed by atoms with Gasteiger partial charge in [0.15, 0.2) is 5.65 Å². The van der Waals surface area contributed by atoms with Gasteiger partial charge in [0.25, 0.3) is 0 Å². The van der Waals surface area contributed by atoms with Gasteiger partial charge in [-0.3, -0.25) is 4.57 Å². The Hall–Kier alpha value is -3.07. The normalized spacial score (nSPS) is 17.0. The zero-order valence-corrected chi connectivity index (χ0v) is 22.3. The number of hydrogen-bond donors (Lipinski definition) is 2. The highest BCUT2D eigenvalue weighted by Crippen LogP contribution is 2.37. The van der Waals surface area contributed by atoms with Gasteiger partial charge >= 0.3 is 0 Å². The molecule has 0 spiro atoms. The topological polar surface area (TPSA) is 74.1 Å². The Morgan fingerprint density at radius 1 is 0.892 bits per heavy atom. The Bertz CT molecular complexity index is 1390. The molecule has 2 fully saturated rings. The number of hydrogen-bond acceptors (Lipinski definition) is 7. The van der Waals surface area contributed by atoms with Gasteiger partial charge in [0.2, 0.25) is 11.9 Å². The van der Waals surface area contributed by atoms with Crippen molar-refractivity contribution in [3.05, 3.63) is 58.7 Å². The van der Waals surface area contributed by atoms with Crippen molar-refractivity contribution < 1.29 is 0 Å². The summed E-state index contributed by atoms with van der Waals surface area (Å²) < 4.78 is 2.20. The van der Waals surface area contributed by atoms with Crippen LogP contribution in [-0.2, 0) is 0 Å². The first-order valence-corrected chi connectivity index (χ1v) is 13.6. The van der Waals surface area contributed by atoms with Crippen LogP contribution in [-0.4, -0.2) is 57.6 Å². The van der Waals surface area contributed by atoms with Crippen molar-refractivity contribution in [3.63, 3.8) is 0 Å². The lowest BCUT2D eigenvalue weighted by atomic mass is 10.2. The van der Waals surface area contributed by atoms with E-state index in [0.717, 1.165) is 61.6 Å². The first-order chi connectivity index (χ1) is 18.0. The molecule has 6 rings (SSSR count). The van der Waals surface area contributed by atoms with Crippen LogP contribution >= 0.6 is 23.2 Å². The molecular formula is C27H30Cl2N8. The summed E-state index contributed by atoms with van der Waals surface area (Å²) in [5, 5.41) is 7.97. The van der Waals surface area contributed by atoms with Crippen molar-refractivity contribution in [2.75, 3.05) is 48.8 Å². The fraction of sp³-hybridized carbons (Fsp3) is 0.370. The molecule has 0 unspecified atom stereocenters. The molecule has 3 heterocycles. The van der Waals surface area contributed by atoms with Crippen LogP contribution in [0.4, 0.5) is 29.0 Å². The standard InChI is InChI=1S/C27H30Cl2N8/c1-35-12-14-36(15-13-35)20-9-7-19(8-10-20)31-26-30-17-24-25(34-26)37(21-4-2-3-5-21)27(33-24)32-23-16-18(28)6-11-22(23)29/h6-11,16-17,21H,2-5,12-15H2,1H3,(H,32,33)(H,30,31,34). The van der Waals surface area contributed by atoms with Crippen LogP contribution in [0.1, 0.15) is 31.7 Å². The number of anilines is 5. The molecular weight excluding hydrogens is 507 g/mol. The number of halogens is 2. The average Bonchev–Trinajstić information content (AvgIpc) is 3.55. The van der Waals surface area contributed by atoms with Crippen molar-refractivity contribution in [3.8, 4) is 0 Å². The SMILES string of the molecule is CN1CCN(c2ccc(Nc3ncc4nc(Nc5cc(Cl)ccc5Cl)n(C5CCCC5)c4n3)cc2)CC1. The average molecular weight is 537 g/mol. The summed E-state index contributed by atoms with van der Waals surface area (Å²) in [4.78, 5) is 19.1. The monoisotopic (exact) mass is 536 g/mol. The number of fused-ring (bicyclic) bond motifs is 1. The molecule has 1 aliphatic carbocycles. The third kappa shape index (κ3) is 5.19. The Morgan fingerprint density at radius 3 is 2.41 bits per heavy atom. The molecule has 10 heteroatoms. The van der Waals surface area contributed by atoms with E-state index < -0.39 is 0 Å². The molecule has 0 amide bonds. The van der Waals surface area contributed by atoms with Gasteiger partial charge in [0.1, 0.15) is 5.52 Å². The second-order valence-electron chi connectivity index (χ2n) is 9.86. The lowest BCUT2D eigenvalue weighted by molar-refractivity contribution is 0.313. The molecule has 1 saturated heterocycles. The maximum Gasteiger partial charge on any atom is 0.229 e. The van der Waals surface area contributed by atoms with Gasteiger partial charge in [-0.05, 0) is 62.4 Å². The highest BCUT2D eigenvalue weighted by molar-refractivity contribution is 6.35. The minimum atomic E-state index is 0.316. The van der Waals surface area contributed by atoms with Crippen LogP contribution in [0.15, 0.2) is 48.7 Å². The second-order valence-corrected chi connectivity index (χ2v) is 10.7. The highest BCUT2D eigenvalue weighted by atomic mass is 35.5. The van der Waals surface area contributed by atoms with E-state index >= 15 is 0 Å². The molecule has 0 radical (unpaired) electrons. The lowest BCUT2D eigenvalue weighted by Crippen LogP contribution is -2.44. The van der Waals surface area contributed by atoms with Crippen LogP contribution in [0.25, 0.3) is 11.2 Å². The summed E-state index contributed by atoms with van der Waals surface area (Å²) in [7, 11) is 2.17. The molecule has 2 N–H and O–H groups in total. The van der Waals surface area contributed by atoms with E-state index in [0.29, 0.717) is 28.0 Å². The number of piperazine rings is 1. The predicted octanol–water partition coefficient (Wildman–Crippen LogP) is 6.49.